The van der Waals surface area contributed by atoms with Crippen molar-refractivity contribution in [1.82, 2.24) is 10.3 Å². The number of carbonyl (C=O) groups excluding carboxylic acids is 1. The highest BCUT2D eigenvalue weighted by Gasteiger charge is 2.21. The summed E-state index contributed by atoms with van der Waals surface area (Å²) in [4.78, 5) is 16.3. The molecule has 0 saturated carbocycles. The van der Waals surface area contributed by atoms with Crippen molar-refractivity contribution < 1.29 is 4.79 Å². The molecule has 92 valence electrons. The Morgan fingerprint density at radius 1 is 1.59 bits per heavy atom. The molecule has 0 unspecified atom stereocenters. The lowest BCUT2D eigenvalue weighted by Gasteiger charge is -2.21. The van der Waals surface area contributed by atoms with Crippen molar-refractivity contribution >= 4 is 27.7 Å². The third kappa shape index (κ3) is 3.26. The minimum atomic E-state index is 0.0615. The zero-order valence-electron chi connectivity index (χ0n) is 9.79. The maximum atomic E-state index is 12.0. The van der Waals surface area contributed by atoms with Gasteiger partial charge in [-0.25, -0.2) is 4.98 Å². The molecule has 0 radical (unpaired) electrons. The van der Waals surface area contributed by atoms with Crippen molar-refractivity contribution in [2.75, 3.05) is 18.4 Å². The van der Waals surface area contributed by atoms with Gasteiger partial charge < -0.3 is 10.6 Å². The van der Waals surface area contributed by atoms with E-state index in [1.165, 1.54) is 0 Å². The van der Waals surface area contributed by atoms with Crippen molar-refractivity contribution in [3.05, 3.63) is 22.3 Å². The van der Waals surface area contributed by atoms with E-state index in [-0.39, 0.29) is 11.8 Å². The lowest BCUT2D eigenvalue weighted by atomic mass is 9.99. The van der Waals surface area contributed by atoms with Gasteiger partial charge in [0.05, 0.1) is 11.6 Å². The Morgan fingerprint density at radius 3 is 3.06 bits per heavy atom. The monoisotopic (exact) mass is 297 g/mol. The molecule has 1 aromatic rings. The van der Waals surface area contributed by atoms with Crippen LogP contribution in [-0.2, 0) is 4.79 Å². The molecule has 2 rings (SSSR count). The van der Waals surface area contributed by atoms with Gasteiger partial charge in [0, 0.05) is 11.0 Å². The highest BCUT2D eigenvalue weighted by atomic mass is 79.9. The third-order valence-electron chi connectivity index (χ3n) is 2.94. The van der Waals surface area contributed by atoms with Crippen LogP contribution in [0.5, 0.6) is 0 Å². The number of pyridine rings is 1. The molecule has 1 aromatic heterocycles. The molecule has 0 aromatic carbocycles. The summed E-state index contributed by atoms with van der Waals surface area (Å²) in [6.45, 7) is 3.68. The van der Waals surface area contributed by atoms with E-state index in [1.54, 1.807) is 0 Å². The second-order valence-electron chi connectivity index (χ2n) is 4.30. The standard InChI is InChI=1S/C12H16BrN3O/c1-8-10(13)4-5-11(15-8)16-12(17)9-3-2-6-14-7-9/h4-5,9,14H,2-3,6-7H2,1H3,(H,15,16,17)/t9-/m1/s1. The Bertz CT molecular complexity index is 416. The van der Waals surface area contributed by atoms with E-state index in [0.29, 0.717) is 5.82 Å². The molecule has 0 bridgehead atoms. The fraction of sp³-hybridized carbons (Fsp3) is 0.500. The molecule has 1 amide bonds. The number of rotatable bonds is 2. The molecule has 0 spiro atoms. The van der Waals surface area contributed by atoms with Crippen molar-refractivity contribution in [3.8, 4) is 0 Å². The number of hydrogen-bond acceptors (Lipinski definition) is 3. The fourth-order valence-electron chi connectivity index (χ4n) is 1.92. The average molecular weight is 298 g/mol. The summed E-state index contributed by atoms with van der Waals surface area (Å²) in [5.74, 6) is 0.752. The molecule has 5 heteroatoms. The van der Waals surface area contributed by atoms with Gasteiger partial charge in [0.2, 0.25) is 5.91 Å². The van der Waals surface area contributed by atoms with Gasteiger partial charge in [0.1, 0.15) is 5.82 Å². The molecule has 17 heavy (non-hydrogen) atoms. The van der Waals surface area contributed by atoms with Crippen LogP contribution >= 0.6 is 15.9 Å². The molecule has 4 nitrogen and oxygen atoms in total. The van der Waals surface area contributed by atoms with Crippen molar-refractivity contribution in [1.29, 1.82) is 0 Å². The quantitative estimate of drug-likeness (QED) is 0.879. The number of aryl methyl sites for hydroxylation is 1. The molecular formula is C12H16BrN3O. The van der Waals surface area contributed by atoms with Gasteiger partial charge in [0.25, 0.3) is 0 Å². The summed E-state index contributed by atoms with van der Waals surface area (Å²) < 4.78 is 0.954. The van der Waals surface area contributed by atoms with Crippen LogP contribution in [0.4, 0.5) is 5.82 Å². The number of carbonyl (C=O) groups is 1. The largest absolute Gasteiger partial charge is 0.316 e. The molecule has 1 saturated heterocycles. The first kappa shape index (κ1) is 12.5. The summed E-state index contributed by atoms with van der Waals surface area (Å²) in [5.41, 5.74) is 0.879. The molecule has 1 aliphatic rings. The van der Waals surface area contributed by atoms with Gasteiger partial charge in [0.15, 0.2) is 0 Å². The predicted octanol–water partition coefficient (Wildman–Crippen LogP) is 2.09. The van der Waals surface area contributed by atoms with Crippen LogP contribution in [0.3, 0.4) is 0 Å². The maximum Gasteiger partial charge on any atom is 0.229 e. The molecule has 2 heterocycles. The highest BCUT2D eigenvalue weighted by Crippen LogP contribution is 2.17. The molecular weight excluding hydrogens is 282 g/mol. The Hall–Kier alpha value is -0.940. The number of piperidine rings is 1. The predicted molar refractivity (Wildman–Crippen MR) is 70.9 cm³/mol. The van der Waals surface area contributed by atoms with Gasteiger partial charge in [-0.15, -0.1) is 0 Å². The van der Waals surface area contributed by atoms with Gasteiger partial charge in [-0.05, 0) is 54.4 Å². The second-order valence-corrected chi connectivity index (χ2v) is 5.15. The molecule has 1 aliphatic heterocycles. The number of halogens is 1. The van der Waals surface area contributed by atoms with Gasteiger partial charge in [-0.1, -0.05) is 0 Å². The Labute approximate surface area is 109 Å². The van der Waals surface area contributed by atoms with Crippen LogP contribution in [0, 0.1) is 12.8 Å². The summed E-state index contributed by atoms with van der Waals surface area (Å²) in [5, 5.41) is 6.10. The van der Waals surface area contributed by atoms with Crippen molar-refractivity contribution in [2.45, 2.75) is 19.8 Å². The first-order valence-electron chi connectivity index (χ1n) is 5.81. The Balaban J connectivity index is 1.99. The van der Waals surface area contributed by atoms with E-state index in [2.05, 4.69) is 31.5 Å². The van der Waals surface area contributed by atoms with E-state index in [4.69, 9.17) is 0 Å². The van der Waals surface area contributed by atoms with E-state index in [0.717, 1.165) is 36.1 Å². The number of nitrogens with zero attached hydrogens (tertiary/aromatic N) is 1. The first-order chi connectivity index (χ1) is 8.16. The van der Waals surface area contributed by atoms with Crippen LogP contribution in [0.1, 0.15) is 18.5 Å². The van der Waals surface area contributed by atoms with Crippen LogP contribution in [0.2, 0.25) is 0 Å². The highest BCUT2D eigenvalue weighted by molar-refractivity contribution is 9.10. The smallest absolute Gasteiger partial charge is 0.229 e. The Kier molecular flexibility index (Phi) is 4.12. The molecule has 2 N–H and O–H groups in total. The fourth-order valence-corrected chi connectivity index (χ4v) is 2.14. The summed E-state index contributed by atoms with van der Waals surface area (Å²) in [6.07, 6.45) is 2.01. The Morgan fingerprint density at radius 2 is 2.41 bits per heavy atom. The number of aromatic nitrogens is 1. The number of nitrogens with one attached hydrogen (secondary N) is 2. The number of amides is 1. The van der Waals surface area contributed by atoms with Gasteiger partial charge in [-0.3, -0.25) is 4.79 Å². The van der Waals surface area contributed by atoms with E-state index in [1.807, 2.05) is 19.1 Å². The van der Waals surface area contributed by atoms with Gasteiger partial charge >= 0.3 is 0 Å². The number of anilines is 1. The zero-order chi connectivity index (χ0) is 12.3. The first-order valence-corrected chi connectivity index (χ1v) is 6.61. The second kappa shape index (κ2) is 5.60. The third-order valence-corrected chi connectivity index (χ3v) is 3.78. The minimum Gasteiger partial charge on any atom is -0.316 e. The van der Waals surface area contributed by atoms with E-state index < -0.39 is 0 Å². The van der Waals surface area contributed by atoms with E-state index in [9.17, 15) is 4.79 Å². The molecule has 0 aliphatic carbocycles. The lowest BCUT2D eigenvalue weighted by molar-refractivity contribution is -0.120. The SMILES string of the molecule is Cc1nc(NC(=O)[C@@H]2CCCNC2)ccc1Br. The van der Waals surface area contributed by atoms with Crippen molar-refractivity contribution in [3.63, 3.8) is 0 Å². The summed E-state index contributed by atoms with van der Waals surface area (Å²) >= 11 is 3.39. The minimum absolute atomic E-state index is 0.0615. The van der Waals surface area contributed by atoms with E-state index >= 15 is 0 Å². The van der Waals surface area contributed by atoms with Crippen LogP contribution in [0.15, 0.2) is 16.6 Å². The zero-order valence-corrected chi connectivity index (χ0v) is 11.4. The van der Waals surface area contributed by atoms with Crippen LogP contribution < -0.4 is 10.6 Å². The van der Waals surface area contributed by atoms with Gasteiger partial charge in [-0.2, -0.15) is 0 Å². The normalized spacial score (nSPS) is 20.0. The number of hydrogen-bond donors (Lipinski definition) is 2. The van der Waals surface area contributed by atoms with Crippen LogP contribution in [-0.4, -0.2) is 24.0 Å². The molecule has 1 fully saturated rings. The summed E-state index contributed by atoms with van der Waals surface area (Å²) in [7, 11) is 0. The molecule has 1 atom stereocenters. The summed E-state index contributed by atoms with van der Waals surface area (Å²) in [6, 6.07) is 3.71. The lowest BCUT2D eigenvalue weighted by Crippen LogP contribution is -2.37. The average Bonchev–Trinajstić information content (AvgIpc) is 2.35. The van der Waals surface area contributed by atoms with Crippen LogP contribution in [0.25, 0.3) is 0 Å². The maximum absolute atomic E-state index is 12.0. The van der Waals surface area contributed by atoms with Crippen molar-refractivity contribution in [2.24, 2.45) is 5.92 Å². The topological polar surface area (TPSA) is 54.0 Å².